The van der Waals surface area contributed by atoms with E-state index in [0.717, 1.165) is 11.1 Å². The van der Waals surface area contributed by atoms with Gasteiger partial charge in [0.15, 0.2) is 6.61 Å². The van der Waals surface area contributed by atoms with Gasteiger partial charge < -0.3 is 15.0 Å². The first-order valence-electron chi connectivity index (χ1n) is 9.88. The predicted octanol–water partition coefficient (Wildman–Crippen LogP) is 4.87. The van der Waals surface area contributed by atoms with E-state index in [4.69, 9.17) is 27.9 Å². The molecule has 162 valence electrons. The number of rotatable bonds is 9. The molecule has 0 saturated heterocycles. The van der Waals surface area contributed by atoms with Gasteiger partial charge in [-0.15, -0.1) is 0 Å². The second kappa shape index (κ2) is 11.2. The predicted molar refractivity (Wildman–Crippen MR) is 121 cm³/mol. The van der Waals surface area contributed by atoms with Gasteiger partial charge >= 0.3 is 0 Å². The van der Waals surface area contributed by atoms with Gasteiger partial charge in [-0.3, -0.25) is 9.59 Å². The standard InChI is InChI=1S/C23H28Cl2N2O3/c1-15(2)12-26-23(29)17(4)27(13-18-8-9-20(24)21(25)11-18)22(28)14-30-19-7-5-6-16(3)10-19/h5-11,15,17H,12-14H2,1-4H3,(H,26,29)/t17-/m0/s1. The van der Waals surface area contributed by atoms with Gasteiger partial charge in [-0.25, -0.2) is 0 Å². The molecule has 2 aromatic rings. The Bertz CT molecular complexity index is 887. The van der Waals surface area contributed by atoms with E-state index >= 15 is 0 Å². The lowest BCUT2D eigenvalue weighted by atomic mass is 10.1. The average Bonchev–Trinajstić information content (AvgIpc) is 2.70. The number of nitrogens with one attached hydrogen (secondary N) is 1. The summed E-state index contributed by atoms with van der Waals surface area (Å²) in [6.45, 7) is 8.26. The van der Waals surface area contributed by atoms with Crippen LogP contribution < -0.4 is 10.1 Å². The Labute approximate surface area is 188 Å². The summed E-state index contributed by atoms with van der Waals surface area (Å²) in [7, 11) is 0. The molecule has 0 aliphatic carbocycles. The maximum Gasteiger partial charge on any atom is 0.261 e. The van der Waals surface area contributed by atoms with E-state index in [1.165, 1.54) is 4.90 Å². The first-order chi connectivity index (χ1) is 14.2. The summed E-state index contributed by atoms with van der Waals surface area (Å²) in [6.07, 6.45) is 0. The second-order valence-corrected chi connectivity index (χ2v) is 8.50. The highest BCUT2D eigenvalue weighted by Crippen LogP contribution is 2.24. The summed E-state index contributed by atoms with van der Waals surface area (Å²) in [5.74, 6) is 0.405. The third kappa shape index (κ3) is 7.22. The molecule has 0 fully saturated rings. The van der Waals surface area contributed by atoms with Gasteiger partial charge in [0.1, 0.15) is 11.8 Å². The van der Waals surface area contributed by atoms with Gasteiger partial charge in [-0.2, -0.15) is 0 Å². The Balaban J connectivity index is 2.16. The Morgan fingerprint density at radius 2 is 1.80 bits per heavy atom. The second-order valence-electron chi connectivity index (χ2n) is 7.69. The molecule has 0 aliphatic heterocycles. The molecule has 2 amide bonds. The number of benzene rings is 2. The lowest BCUT2D eigenvalue weighted by Gasteiger charge is -2.29. The average molecular weight is 451 g/mol. The van der Waals surface area contributed by atoms with Crippen molar-refractivity contribution in [1.29, 1.82) is 0 Å². The third-order valence-electron chi connectivity index (χ3n) is 4.54. The Hall–Kier alpha value is -2.24. The van der Waals surface area contributed by atoms with Crippen molar-refractivity contribution in [2.75, 3.05) is 13.2 Å². The minimum atomic E-state index is -0.674. The zero-order valence-electron chi connectivity index (χ0n) is 17.7. The summed E-state index contributed by atoms with van der Waals surface area (Å²) in [4.78, 5) is 27.1. The number of carbonyl (C=O) groups is 2. The fraction of sp³-hybridized carbons (Fsp3) is 0.391. The third-order valence-corrected chi connectivity index (χ3v) is 5.28. The number of hydrogen-bond acceptors (Lipinski definition) is 3. The molecular formula is C23H28Cl2N2O3. The Morgan fingerprint density at radius 1 is 1.07 bits per heavy atom. The van der Waals surface area contributed by atoms with Crippen LogP contribution in [-0.2, 0) is 16.1 Å². The van der Waals surface area contributed by atoms with Crippen molar-refractivity contribution in [2.45, 2.75) is 40.3 Å². The van der Waals surface area contributed by atoms with Crippen LogP contribution in [0.3, 0.4) is 0 Å². The maximum absolute atomic E-state index is 13.0. The SMILES string of the molecule is Cc1cccc(OCC(=O)N(Cc2ccc(Cl)c(Cl)c2)[C@@H](C)C(=O)NCC(C)C)c1. The normalized spacial score (nSPS) is 11.8. The molecule has 7 heteroatoms. The molecular weight excluding hydrogens is 423 g/mol. The number of ether oxygens (including phenoxy) is 1. The molecule has 1 atom stereocenters. The molecule has 0 radical (unpaired) electrons. The van der Waals surface area contributed by atoms with E-state index in [-0.39, 0.29) is 25.0 Å². The fourth-order valence-corrected chi connectivity index (χ4v) is 3.12. The molecule has 0 saturated carbocycles. The molecule has 0 aliphatic rings. The van der Waals surface area contributed by atoms with Crippen LogP contribution in [0.1, 0.15) is 31.9 Å². The van der Waals surface area contributed by atoms with Crippen LogP contribution in [0.4, 0.5) is 0 Å². The minimum absolute atomic E-state index is 0.174. The summed E-state index contributed by atoms with van der Waals surface area (Å²) < 4.78 is 5.67. The van der Waals surface area contributed by atoms with Gasteiger partial charge in [-0.05, 0) is 55.2 Å². The lowest BCUT2D eigenvalue weighted by molar-refractivity contribution is -0.142. The zero-order valence-corrected chi connectivity index (χ0v) is 19.3. The number of carbonyl (C=O) groups excluding carboxylic acids is 2. The van der Waals surface area contributed by atoms with Gasteiger partial charge in [0.05, 0.1) is 10.0 Å². The molecule has 0 heterocycles. The van der Waals surface area contributed by atoms with Crippen LogP contribution in [0.5, 0.6) is 5.75 Å². The maximum atomic E-state index is 13.0. The van der Waals surface area contributed by atoms with E-state index in [2.05, 4.69) is 5.32 Å². The lowest BCUT2D eigenvalue weighted by Crippen LogP contribution is -2.49. The van der Waals surface area contributed by atoms with Crippen molar-refractivity contribution in [3.8, 4) is 5.75 Å². The summed E-state index contributed by atoms with van der Waals surface area (Å²) >= 11 is 12.1. The number of aryl methyl sites for hydroxylation is 1. The summed E-state index contributed by atoms with van der Waals surface area (Å²) in [5.41, 5.74) is 1.81. The quantitative estimate of drug-likeness (QED) is 0.592. The van der Waals surface area contributed by atoms with E-state index in [1.807, 2.05) is 39.0 Å². The molecule has 5 nitrogen and oxygen atoms in total. The molecule has 0 unspecified atom stereocenters. The van der Waals surface area contributed by atoms with Gasteiger partial charge in [0.2, 0.25) is 5.91 Å². The molecule has 0 bridgehead atoms. The van der Waals surface area contributed by atoms with E-state index in [1.54, 1.807) is 31.2 Å². The molecule has 0 spiro atoms. The highest BCUT2D eigenvalue weighted by atomic mass is 35.5. The van der Waals surface area contributed by atoms with Gasteiger partial charge in [-0.1, -0.05) is 55.2 Å². The van der Waals surface area contributed by atoms with Crippen molar-refractivity contribution in [3.63, 3.8) is 0 Å². The van der Waals surface area contributed by atoms with Gasteiger partial charge in [0.25, 0.3) is 5.91 Å². The molecule has 2 aromatic carbocycles. The zero-order chi connectivity index (χ0) is 22.3. The van der Waals surface area contributed by atoms with Crippen molar-refractivity contribution in [3.05, 3.63) is 63.6 Å². The van der Waals surface area contributed by atoms with Crippen LogP contribution in [0.2, 0.25) is 10.0 Å². The first kappa shape index (κ1) is 24.0. The first-order valence-corrected chi connectivity index (χ1v) is 10.6. The molecule has 0 aromatic heterocycles. The summed E-state index contributed by atoms with van der Waals surface area (Å²) in [5, 5.41) is 3.72. The van der Waals surface area contributed by atoms with Gasteiger partial charge in [0, 0.05) is 13.1 Å². The monoisotopic (exact) mass is 450 g/mol. The number of halogens is 2. The minimum Gasteiger partial charge on any atom is -0.484 e. The molecule has 1 N–H and O–H groups in total. The fourth-order valence-electron chi connectivity index (χ4n) is 2.80. The Kier molecular flexibility index (Phi) is 9.00. The van der Waals surface area contributed by atoms with Crippen molar-refractivity contribution >= 4 is 35.0 Å². The van der Waals surface area contributed by atoms with Crippen molar-refractivity contribution in [2.24, 2.45) is 5.92 Å². The Morgan fingerprint density at radius 3 is 2.43 bits per heavy atom. The largest absolute Gasteiger partial charge is 0.484 e. The molecule has 30 heavy (non-hydrogen) atoms. The molecule has 2 rings (SSSR count). The number of hydrogen-bond donors (Lipinski definition) is 1. The number of amides is 2. The summed E-state index contributed by atoms with van der Waals surface area (Å²) in [6, 6.07) is 12.0. The van der Waals surface area contributed by atoms with Crippen LogP contribution in [-0.4, -0.2) is 35.9 Å². The number of nitrogens with zero attached hydrogens (tertiary/aromatic N) is 1. The van der Waals surface area contributed by atoms with Crippen LogP contribution >= 0.6 is 23.2 Å². The van der Waals surface area contributed by atoms with Crippen LogP contribution in [0, 0.1) is 12.8 Å². The highest BCUT2D eigenvalue weighted by Gasteiger charge is 2.26. The van der Waals surface area contributed by atoms with Crippen LogP contribution in [0.25, 0.3) is 0 Å². The van der Waals surface area contributed by atoms with Crippen LogP contribution in [0.15, 0.2) is 42.5 Å². The van der Waals surface area contributed by atoms with Crippen molar-refractivity contribution in [1.82, 2.24) is 10.2 Å². The van der Waals surface area contributed by atoms with E-state index in [0.29, 0.717) is 28.3 Å². The topological polar surface area (TPSA) is 58.6 Å². The highest BCUT2D eigenvalue weighted by molar-refractivity contribution is 6.42. The van der Waals surface area contributed by atoms with E-state index in [9.17, 15) is 9.59 Å². The van der Waals surface area contributed by atoms with Crippen molar-refractivity contribution < 1.29 is 14.3 Å². The smallest absolute Gasteiger partial charge is 0.261 e. The van der Waals surface area contributed by atoms with E-state index < -0.39 is 6.04 Å².